The molecule has 0 aliphatic rings. The standard InChI is InChI=1S/C15H18F3N3OS/c1-10-20-14(13(23-10)9-21(2)8-7-19)11-3-5-12(6-4-11)22-15(16,17)18/h3-6H,7-9,19H2,1-2H3. The highest BCUT2D eigenvalue weighted by Crippen LogP contribution is 2.31. The summed E-state index contributed by atoms with van der Waals surface area (Å²) in [6.45, 7) is 3.92. The Bertz CT molecular complexity index is 640. The molecule has 0 atom stereocenters. The van der Waals surface area contributed by atoms with Crippen molar-refractivity contribution in [2.75, 3.05) is 20.1 Å². The summed E-state index contributed by atoms with van der Waals surface area (Å²) in [6, 6.07) is 5.76. The fraction of sp³-hybridized carbons (Fsp3) is 0.400. The number of likely N-dealkylation sites (N-methyl/N-ethyl adjacent to an activating group) is 1. The van der Waals surface area contributed by atoms with Gasteiger partial charge in [0.15, 0.2) is 0 Å². The van der Waals surface area contributed by atoms with Gasteiger partial charge in [0, 0.05) is 30.1 Å². The highest BCUT2D eigenvalue weighted by Gasteiger charge is 2.31. The number of thiazole rings is 1. The number of aryl methyl sites for hydroxylation is 1. The lowest BCUT2D eigenvalue weighted by Gasteiger charge is -2.15. The first kappa shape index (κ1) is 17.7. The van der Waals surface area contributed by atoms with Crippen LogP contribution in [0.5, 0.6) is 5.75 Å². The summed E-state index contributed by atoms with van der Waals surface area (Å²) in [7, 11) is 1.96. The third-order valence-corrected chi connectivity index (χ3v) is 4.05. The average Bonchev–Trinajstić information content (AvgIpc) is 2.79. The lowest BCUT2D eigenvalue weighted by Crippen LogP contribution is -2.24. The lowest BCUT2D eigenvalue weighted by molar-refractivity contribution is -0.274. The second kappa shape index (κ2) is 7.29. The van der Waals surface area contributed by atoms with Crippen molar-refractivity contribution in [3.05, 3.63) is 34.2 Å². The van der Waals surface area contributed by atoms with Gasteiger partial charge in [-0.15, -0.1) is 24.5 Å². The van der Waals surface area contributed by atoms with E-state index in [1.54, 1.807) is 23.5 Å². The normalized spacial score (nSPS) is 12.0. The van der Waals surface area contributed by atoms with Crippen LogP contribution in [-0.4, -0.2) is 36.4 Å². The summed E-state index contributed by atoms with van der Waals surface area (Å²) in [5.41, 5.74) is 7.10. The van der Waals surface area contributed by atoms with Gasteiger partial charge in [0.05, 0.1) is 10.7 Å². The van der Waals surface area contributed by atoms with Crippen LogP contribution in [0.2, 0.25) is 0 Å². The second-order valence-electron chi connectivity index (χ2n) is 5.10. The van der Waals surface area contributed by atoms with E-state index in [9.17, 15) is 13.2 Å². The Morgan fingerprint density at radius 2 is 1.91 bits per heavy atom. The number of ether oxygens (including phenoxy) is 1. The number of hydrogen-bond acceptors (Lipinski definition) is 5. The molecule has 0 spiro atoms. The molecule has 2 aromatic rings. The van der Waals surface area contributed by atoms with Crippen LogP contribution in [0.1, 0.15) is 9.88 Å². The predicted molar refractivity (Wildman–Crippen MR) is 84.4 cm³/mol. The van der Waals surface area contributed by atoms with Crippen molar-refractivity contribution in [1.82, 2.24) is 9.88 Å². The molecule has 0 fully saturated rings. The van der Waals surface area contributed by atoms with Crippen LogP contribution >= 0.6 is 11.3 Å². The van der Waals surface area contributed by atoms with E-state index < -0.39 is 6.36 Å². The highest BCUT2D eigenvalue weighted by atomic mass is 32.1. The summed E-state index contributed by atoms with van der Waals surface area (Å²) in [4.78, 5) is 7.64. The van der Waals surface area contributed by atoms with Crippen molar-refractivity contribution in [3.63, 3.8) is 0 Å². The molecule has 4 nitrogen and oxygen atoms in total. The van der Waals surface area contributed by atoms with E-state index in [2.05, 4.69) is 14.6 Å². The molecule has 0 amide bonds. The Labute approximate surface area is 136 Å². The Kier molecular flexibility index (Phi) is 5.61. The van der Waals surface area contributed by atoms with Crippen LogP contribution in [0, 0.1) is 6.92 Å². The maximum absolute atomic E-state index is 12.2. The van der Waals surface area contributed by atoms with Gasteiger partial charge in [0.1, 0.15) is 5.75 Å². The molecule has 0 radical (unpaired) electrons. The summed E-state index contributed by atoms with van der Waals surface area (Å²) < 4.78 is 40.5. The minimum atomic E-state index is -4.69. The van der Waals surface area contributed by atoms with E-state index in [1.807, 2.05) is 14.0 Å². The van der Waals surface area contributed by atoms with Crippen LogP contribution in [0.15, 0.2) is 24.3 Å². The number of halogens is 3. The Morgan fingerprint density at radius 1 is 1.26 bits per heavy atom. The predicted octanol–water partition coefficient (Wildman–Crippen LogP) is 3.41. The largest absolute Gasteiger partial charge is 0.573 e. The van der Waals surface area contributed by atoms with Crippen molar-refractivity contribution < 1.29 is 17.9 Å². The third kappa shape index (κ3) is 5.19. The van der Waals surface area contributed by atoms with Gasteiger partial charge in [-0.1, -0.05) is 0 Å². The highest BCUT2D eigenvalue weighted by molar-refractivity contribution is 7.12. The number of nitrogens with two attached hydrogens (primary N) is 1. The van der Waals surface area contributed by atoms with Crippen molar-refractivity contribution in [1.29, 1.82) is 0 Å². The third-order valence-electron chi connectivity index (χ3n) is 3.09. The van der Waals surface area contributed by atoms with Gasteiger partial charge >= 0.3 is 6.36 Å². The molecule has 1 heterocycles. The first-order valence-electron chi connectivity index (χ1n) is 6.99. The summed E-state index contributed by atoms with van der Waals surface area (Å²) in [5.74, 6) is -0.241. The molecule has 0 saturated heterocycles. The molecule has 0 aliphatic heterocycles. The zero-order valence-corrected chi connectivity index (χ0v) is 13.7. The Hall–Kier alpha value is -1.64. The van der Waals surface area contributed by atoms with Gasteiger partial charge in [-0.25, -0.2) is 4.98 Å². The summed E-state index contributed by atoms with van der Waals surface area (Å²) in [5, 5.41) is 0.909. The van der Waals surface area contributed by atoms with E-state index in [0.717, 1.165) is 27.7 Å². The Morgan fingerprint density at radius 3 is 2.48 bits per heavy atom. The van der Waals surface area contributed by atoms with Gasteiger partial charge in [0.2, 0.25) is 0 Å². The molecule has 126 valence electrons. The van der Waals surface area contributed by atoms with Crippen LogP contribution in [0.4, 0.5) is 13.2 Å². The fourth-order valence-corrected chi connectivity index (χ4v) is 3.20. The first-order chi connectivity index (χ1) is 10.8. The Balaban J connectivity index is 2.21. The van der Waals surface area contributed by atoms with Crippen molar-refractivity contribution in [2.45, 2.75) is 19.8 Å². The summed E-state index contributed by atoms with van der Waals surface area (Å²) >= 11 is 1.57. The van der Waals surface area contributed by atoms with E-state index >= 15 is 0 Å². The first-order valence-corrected chi connectivity index (χ1v) is 7.81. The number of rotatable bonds is 6. The van der Waals surface area contributed by atoms with Gasteiger partial charge in [0.25, 0.3) is 0 Å². The van der Waals surface area contributed by atoms with Gasteiger partial charge in [-0.05, 0) is 38.2 Å². The maximum Gasteiger partial charge on any atom is 0.573 e. The smallest absolute Gasteiger partial charge is 0.406 e. The molecule has 8 heteroatoms. The van der Waals surface area contributed by atoms with Crippen LogP contribution in [0.25, 0.3) is 11.3 Å². The number of benzene rings is 1. The van der Waals surface area contributed by atoms with Gasteiger partial charge in [-0.2, -0.15) is 0 Å². The van der Waals surface area contributed by atoms with Crippen molar-refractivity contribution >= 4 is 11.3 Å². The zero-order valence-electron chi connectivity index (χ0n) is 12.9. The van der Waals surface area contributed by atoms with Crippen molar-refractivity contribution in [3.8, 4) is 17.0 Å². The van der Waals surface area contributed by atoms with Crippen molar-refractivity contribution in [2.24, 2.45) is 5.73 Å². The molecule has 2 N–H and O–H groups in total. The molecule has 0 bridgehead atoms. The zero-order chi connectivity index (χ0) is 17.0. The monoisotopic (exact) mass is 345 g/mol. The average molecular weight is 345 g/mol. The second-order valence-corrected chi connectivity index (χ2v) is 6.39. The molecular formula is C15H18F3N3OS. The minimum Gasteiger partial charge on any atom is -0.406 e. The minimum absolute atomic E-state index is 0.241. The number of aromatic nitrogens is 1. The summed E-state index contributed by atoms with van der Waals surface area (Å²) in [6.07, 6.45) is -4.69. The van der Waals surface area contributed by atoms with Crippen LogP contribution in [-0.2, 0) is 6.54 Å². The number of hydrogen-bond donors (Lipinski definition) is 1. The molecule has 23 heavy (non-hydrogen) atoms. The van der Waals surface area contributed by atoms with E-state index in [-0.39, 0.29) is 5.75 Å². The topological polar surface area (TPSA) is 51.4 Å². The molecule has 2 rings (SSSR count). The molecule has 0 saturated carbocycles. The van der Waals surface area contributed by atoms with E-state index in [0.29, 0.717) is 13.1 Å². The lowest BCUT2D eigenvalue weighted by atomic mass is 10.1. The quantitative estimate of drug-likeness (QED) is 0.872. The number of alkyl halides is 3. The molecule has 0 aliphatic carbocycles. The van der Waals surface area contributed by atoms with E-state index in [4.69, 9.17) is 5.73 Å². The number of nitrogens with zero attached hydrogens (tertiary/aromatic N) is 2. The van der Waals surface area contributed by atoms with E-state index in [1.165, 1.54) is 12.1 Å². The van der Waals surface area contributed by atoms with Gasteiger partial charge < -0.3 is 10.5 Å². The SMILES string of the molecule is Cc1nc(-c2ccc(OC(F)(F)F)cc2)c(CN(C)CCN)s1. The molecule has 1 aromatic heterocycles. The fourth-order valence-electron chi connectivity index (χ4n) is 2.16. The van der Waals surface area contributed by atoms with Gasteiger partial charge in [-0.3, -0.25) is 4.90 Å². The molecule has 0 unspecified atom stereocenters. The van der Waals surface area contributed by atoms with Crippen LogP contribution in [0.3, 0.4) is 0 Å². The van der Waals surface area contributed by atoms with Crippen LogP contribution < -0.4 is 10.5 Å². The molecular weight excluding hydrogens is 327 g/mol. The molecule has 1 aromatic carbocycles. The maximum atomic E-state index is 12.2.